The summed E-state index contributed by atoms with van der Waals surface area (Å²) in [6, 6.07) is 29.3. The number of carbonyl (C=O) groups is 2. The van der Waals surface area contributed by atoms with Crippen LogP contribution in [0.2, 0.25) is 0 Å². The van der Waals surface area contributed by atoms with E-state index < -0.39 is 17.9 Å². The van der Waals surface area contributed by atoms with E-state index in [9.17, 15) is 14.7 Å². The van der Waals surface area contributed by atoms with Gasteiger partial charge in [-0.2, -0.15) is 0 Å². The number of fused-ring (bicyclic) bond motifs is 1. The van der Waals surface area contributed by atoms with Crippen LogP contribution in [0, 0.1) is 0 Å². The average molecular weight is 636 g/mol. The Morgan fingerprint density at radius 3 is 2.17 bits per heavy atom. The number of aromatic nitrogens is 3. The molecule has 0 amide bonds. The van der Waals surface area contributed by atoms with Gasteiger partial charge >= 0.3 is 5.97 Å². The van der Waals surface area contributed by atoms with E-state index >= 15 is 0 Å². The normalized spacial score (nSPS) is 12.0. The quantitative estimate of drug-likeness (QED) is 0.0470. The maximum absolute atomic E-state index is 12.3. The first-order valence-electron chi connectivity index (χ1n) is 15.2. The zero-order valence-corrected chi connectivity index (χ0v) is 26.6. The van der Waals surface area contributed by atoms with Gasteiger partial charge in [0.15, 0.2) is 11.5 Å². The number of aliphatic hydroxyl groups is 1. The van der Waals surface area contributed by atoms with Crippen LogP contribution in [0.25, 0.3) is 16.7 Å². The third-order valence-corrected chi connectivity index (χ3v) is 7.10. The molecule has 1 unspecified atom stereocenters. The molecule has 0 aliphatic rings. The van der Waals surface area contributed by atoms with Crippen LogP contribution < -0.4 is 9.47 Å². The SMILES string of the molecule is C=C(C)C(=O)OCCc1ccc(OC(OCCOc2ccc(C(=O)C(C)(C)O)cc2)c2ccccc2)c(-n2nc3ccccc3n2)c1. The molecule has 1 atom stereocenters. The fourth-order valence-corrected chi connectivity index (χ4v) is 4.62. The molecule has 5 rings (SSSR count). The summed E-state index contributed by atoms with van der Waals surface area (Å²) in [7, 11) is 0. The van der Waals surface area contributed by atoms with Crippen LogP contribution in [0.1, 0.15) is 48.5 Å². The van der Waals surface area contributed by atoms with E-state index in [2.05, 4.69) is 16.8 Å². The first-order valence-corrected chi connectivity index (χ1v) is 15.2. The largest absolute Gasteiger partial charge is 0.491 e. The number of rotatable bonds is 15. The lowest BCUT2D eigenvalue weighted by Crippen LogP contribution is -2.30. The number of carbonyl (C=O) groups excluding carboxylic acids is 2. The number of hydrogen-bond acceptors (Lipinski definition) is 9. The lowest BCUT2D eigenvalue weighted by Gasteiger charge is -2.22. The minimum absolute atomic E-state index is 0.189. The first-order chi connectivity index (χ1) is 22.6. The molecule has 0 saturated heterocycles. The summed E-state index contributed by atoms with van der Waals surface area (Å²) in [6.45, 7) is 8.74. The summed E-state index contributed by atoms with van der Waals surface area (Å²) < 4.78 is 23.9. The van der Waals surface area contributed by atoms with Gasteiger partial charge in [0.25, 0.3) is 0 Å². The third-order valence-electron chi connectivity index (χ3n) is 7.10. The Hall–Kier alpha value is -5.32. The van der Waals surface area contributed by atoms with Crippen LogP contribution >= 0.6 is 0 Å². The molecule has 1 aromatic heterocycles. The molecule has 0 radical (unpaired) electrons. The minimum atomic E-state index is -1.46. The zero-order valence-electron chi connectivity index (χ0n) is 26.6. The van der Waals surface area contributed by atoms with E-state index in [1.165, 1.54) is 18.6 Å². The maximum Gasteiger partial charge on any atom is 0.333 e. The van der Waals surface area contributed by atoms with Gasteiger partial charge in [0.1, 0.15) is 34.7 Å². The number of ketones is 1. The van der Waals surface area contributed by atoms with E-state index in [-0.39, 0.29) is 25.6 Å². The van der Waals surface area contributed by atoms with Gasteiger partial charge in [0, 0.05) is 23.1 Å². The second-order valence-corrected chi connectivity index (χ2v) is 11.4. The van der Waals surface area contributed by atoms with Crippen LogP contribution in [0.5, 0.6) is 11.5 Å². The lowest BCUT2D eigenvalue weighted by atomic mass is 9.97. The Labute approximate surface area is 273 Å². The predicted octanol–water partition coefficient (Wildman–Crippen LogP) is 6.21. The average Bonchev–Trinajstić information content (AvgIpc) is 3.51. The Morgan fingerprint density at radius 2 is 1.53 bits per heavy atom. The smallest absolute Gasteiger partial charge is 0.333 e. The van der Waals surface area contributed by atoms with Crippen LogP contribution in [-0.4, -0.2) is 57.3 Å². The first kappa shape index (κ1) is 33.1. The maximum atomic E-state index is 12.3. The van der Waals surface area contributed by atoms with Crippen molar-refractivity contribution in [1.82, 2.24) is 15.0 Å². The molecule has 0 aliphatic carbocycles. The highest BCUT2D eigenvalue weighted by atomic mass is 16.7. The molecule has 10 nitrogen and oxygen atoms in total. The molecule has 4 aromatic carbocycles. The van der Waals surface area contributed by atoms with E-state index in [0.717, 1.165) is 22.2 Å². The number of benzene rings is 4. The molecule has 0 fully saturated rings. The Kier molecular flexibility index (Phi) is 10.4. The van der Waals surface area contributed by atoms with Crippen molar-refractivity contribution >= 4 is 22.8 Å². The highest BCUT2D eigenvalue weighted by Gasteiger charge is 2.25. The highest BCUT2D eigenvalue weighted by Crippen LogP contribution is 2.30. The number of nitrogens with zero attached hydrogens (tertiary/aromatic N) is 3. The van der Waals surface area contributed by atoms with Crippen molar-refractivity contribution in [3.8, 4) is 17.2 Å². The minimum Gasteiger partial charge on any atom is -0.491 e. The van der Waals surface area contributed by atoms with Crippen molar-refractivity contribution in [2.45, 2.75) is 39.1 Å². The topological polar surface area (TPSA) is 122 Å². The summed E-state index contributed by atoms with van der Waals surface area (Å²) in [5.41, 5.74) is 3.01. The molecule has 0 saturated carbocycles. The highest BCUT2D eigenvalue weighted by molar-refractivity contribution is 6.01. The molecule has 1 N–H and O–H groups in total. The van der Waals surface area contributed by atoms with Gasteiger partial charge in [-0.3, -0.25) is 4.79 Å². The summed E-state index contributed by atoms with van der Waals surface area (Å²) >= 11 is 0. The van der Waals surface area contributed by atoms with Crippen molar-refractivity contribution in [3.63, 3.8) is 0 Å². The molecular weight excluding hydrogens is 598 g/mol. The standard InChI is InChI=1S/C37H37N3O7/c1-25(2)35(42)45-21-20-26-14-19-33(32(24-26)40-38-30-12-8-9-13-31(30)39-40)47-36(28-10-6-5-7-11-28)46-23-22-44-29-17-15-27(16-18-29)34(41)37(3,4)43/h5-19,24,36,43H,1,20-23H2,2-4H3. The van der Waals surface area contributed by atoms with Crippen LogP contribution in [-0.2, 0) is 20.7 Å². The Bertz CT molecular complexity index is 1810. The fourth-order valence-electron chi connectivity index (χ4n) is 4.62. The van der Waals surface area contributed by atoms with E-state index in [0.29, 0.717) is 34.7 Å². The number of esters is 1. The predicted molar refractivity (Wildman–Crippen MR) is 177 cm³/mol. The van der Waals surface area contributed by atoms with Crippen molar-refractivity contribution in [2.75, 3.05) is 19.8 Å². The number of hydrogen-bond donors (Lipinski definition) is 1. The number of ether oxygens (including phenoxy) is 4. The summed E-state index contributed by atoms with van der Waals surface area (Å²) in [4.78, 5) is 25.7. The molecular formula is C37H37N3O7. The van der Waals surface area contributed by atoms with E-state index in [1.807, 2.05) is 72.8 Å². The van der Waals surface area contributed by atoms with Crippen molar-refractivity contribution in [3.05, 3.63) is 126 Å². The summed E-state index contributed by atoms with van der Waals surface area (Å²) in [5.74, 6) is 0.235. The third kappa shape index (κ3) is 8.69. The van der Waals surface area contributed by atoms with Gasteiger partial charge in [-0.05, 0) is 74.9 Å². The molecule has 5 aromatic rings. The van der Waals surface area contributed by atoms with Crippen molar-refractivity contribution in [1.29, 1.82) is 0 Å². The Balaban J connectivity index is 1.33. The Morgan fingerprint density at radius 1 is 0.872 bits per heavy atom. The lowest BCUT2D eigenvalue weighted by molar-refractivity contribution is -0.138. The van der Waals surface area contributed by atoms with Crippen LogP contribution in [0.15, 0.2) is 109 Å². The van der Waals surface area contributed by atoms with Gasteiger partial charge in [-0.1, -0.05) is 55.1 Å². The molecule has 47 heavy (non-hydrogen) atoms. The molecule has 0 bridgehead atoms. The van der Waals surface area contributed by atoms with Crippen molar-refractivity contribution < 1.29 is 33.6 Å². The molecule has 0 spiro atoms. The van der Waals surface area contributed by atoms with Crippen molar-refractivity contribution in [2.24, 2.45) is 0 Å². The monoisotopic (exact) mass is 635 g/mol. The fraction of sp³-hybridized carbons (Fsp3) is 0.243. The van der Waals surface area contributed by atoms with Crippen LogP contribution in [0.4, 0.5) is 0 Å². The van der Waals surface area contributed by atoms with Gasteiger partial charge in [-0.25, -0.2) is 4.79 Å². The van der Waals surface area contributed by atoms with E-state index in [4.69, 9.17) is 18.9 Å². The summed E-state index contributed by atoms with van der Waals surface area (Å²) in [5, 5.41) is 19.3. The van der Waals surface area contributed by atoms with Gasteiger partial charge in [0.05, 0.1) is 13.2 Å². The van der Waals surface area contributed by atoms with E-state index in [1.54, 1.807) is 31.2 Å². The van der Waals surface area contributed by atoms with Gasteiger partial charge in [-0.15, -0.1) is 15.0 Å². The second kappa shape index (κ2) is 14.8. The summed E-state index contributed by atoms with van der Waals surface area (Å²) in [6.07, 6.45) is -0.326. The second-order valence-electron chi connectivity index (χ2n) is 11.4. The molecule has 10 heteroatoms. The van der Waals surface area contributed by atoms with Crippen LogP contribution in [0.3, 0.4) is 0 Å². The number of Topliss-reactive ketones (excluding diaryl/α,β-unsaturated/α-hetero) is 1. The van der Waals surface area contributed by atoms with Gasteiger partial charge in [0.2, 0.25) is 6.29 Å². The molecule has 242 valence electrons. The molecule has 1 heterocycles. The van der Waals surface area contributed by atoms with Gasteiger partial charge < -0.3 is 24.1 Å². The molecule has 0 aliphatic heterocycles. The zero-order chi connectivity index (χ0) is 33.4.